The van der Waals surface area contributed by atoms with Gasteiger partial charge in [-0.15, -0.1) is 0 Å². The lowest BCUT2D eigenvalue weighted by molar-refractivity contribution is 0.313. The molecule has 0 unspecified atom stereocenters. The van der Waals surface area contributed by atoms with Crippen LogP contribution in [0.25, 0.3) is 10.9 Å². The molecule has 1 aliphatic rings. The molecule has 0 spiro atoms. The van der Waals surface area contributed by atoms with Gasteiger partial charge in [0.1, 0.15) is 0 Å². The summed E-state index contributed by atoms with van der Waals surface area (Å²) in [4.78, 5) is 8.08. The Labute approximate surface area is 95.7 Å². The number of aromatic amines is 1. The first-order valence-corrected chi connectivity index (χ1v) is 5.83. The van der Waals surface area contributed by atoms with Gasteiger partial charge in [0.15, 0.2) is 0 Å². The summed E-state index contributed by atoms with van der Waals surface area (Å²) in [5.74, 6) is 0. The van der Waals surface area contributed by atoms with Gasteiger partial charge in [-0.05, 0) is 31.3 Å². The fraction of sp³-hybridized carbons (Fsp3) is 0.385. The molecular formula is C13H17N3. The van der Waals surface area contributed by atoms with Crippen LogP contribution in [-0.2, 0) is 0 Å². The van der Waals surface area contributed by atoms with E-state index in [4.69, 9.17) is 0 Å². The molecule has 1 fully saturated rings. The Morgan fingerprint density at radius 2 is 1.88 bits per heavy atom. The molecule has 1 saturated heterocycles. The molecule has 0 atom stereocenters. The number of hydrogen-bond donors (Lipinski definition) is 1. The van der Waals surface area contributed by atoms with E-state index >= 15 is 0 Å². The third-order valence-electron chi connectivity index (χ3n) is 3.41. The van der Waals surface area contributed by atoms with Crippen molar-refractivity contribution in [3.05, 3.63) is 30.5 Å². The monoisotopic (exact) mass is 215 g/mol. The number of benzene rings is 1. The lowest BCUT2D eigenvalue weighted by atomic mass is 10.2. The molecule has 0 bridgehead atoms. The molecular weight excluding hydrogens is 198 g/mol. The maximum atomic E-state index is 3.23. The number of hydrogen-bond acceptors (Lipinski definition) is 2. The summed E-state index contributed by atoms with van der Waals surface area (Å²) >= 11 is 0. The Bertz CT molecular complexity index is 481. The van der Waals surface area contributed by atoms with Crippen molar-refractivity contribution in [1.29, 1.82) is 0 Å². The Morgan fingerprint density at radius 3 is 2.69 bits per heavy atom. The average molecular weight is 215 g/mol. The van der Waals surface area contributed by atoms with Crippen LogP contribution in [0, 0.1) is 0 Å². The smallest absolute Gasteiger partial charge is 0.0455 e. The van der Waals surface area contributed by atoms with E-state index < -0.39 is 0 Å². The summed E-state index contributed by atoms with van der Waals surface area (Å²) in [6, 6.07) is 8.79. The SMILES string of the molecule is CN1CCN(c2ccc3[nH]ccc3c2)CC1. The van der Waals surface area contributed by atoms with E-state index in [-0.39, 0.29) is 0 Å². The molecule has 0 radical (unpaired) electrons. The minimum absolute atomic E-state index is 1.13. The topological polar surface area (TPSA) is 22.3 Å². The molecule has 2 aromatic rings. The van der Waals surface area contributed by atoms with Crippen molar-refractivity contribution in [3.8, 4) is 0 Å². The second kappa shape index (κ2) is 3.83. The lowest BCUT2D eigenvalue weighted by Crippen LogP contribution is -2.44. The molecule has 84 valence electrons. The lowest BCUT2D eigenvalue weighted by Gasteiger charge is -2.34. The van der Waals surface area contributed by atoms with Gasteiger partial charge in [0.25, 0.3) is 0 Å². The van der Waals surface area contributed by atoms with Gasteiger partial charge in [0.05, 0.1) is 0 Å². The van der Waals surface area contributed by atoms with Gasteiger partial charge < -0.3 is 14.8 Å². The van der Waals surface area contributed by atoms with E-state index in [1.807, 2.05) is 6.20 Å². The Hall–Kier alpha value is -1.48. The summed E-state index contributed by atoms with van der Waals surface area (Å²) in [6.45, 7) is 4.58. The highest BCUT2D eigenvalue weighted by Crippen LogP contribution is 2.22. The summed E-state index contributed by atoms with van der Waals surface area (Å²) in [5.41, 5.74) is 2.57. The minimum atomic E-state index is 1.13. The number of rotatable bonds is 1. The zero-order valence-corrected chi connectivity index (χ0v) is 9.61. The van der Waals surface area contributed by atoms with Gasteiger partial charge in [0.2, 0.25) is 0 Å². The number of fused-ring (bicyclic) bond motifs is 1. The van der Waals surface area contributed by atoms with E-state index in [2.05, 4.69) is 46.1 Å². The van der Waals surface area contributed by atoms with Gasteiger partial charge in [-0.3, -0.25) is 0 Å². The van der Waals surface area contributed by atoms with Crippen molar-refractivity contribution in [3.63, 3.8) is 0 Å². The van der Waals surface area contributed by atoms with Crippen LogP contribution in [-0.4, -0.2) is 43.1 Å². The van der Waals surface area contributed by atoms with E-state index in [0.29, 0.717) is 0 Å². The number of H-pyrrole nitrogens is 1. The Morgan fingerprint density at radius 1 is 1.06 bits per heavy atom. The standard InChI is InChI=1S/C13H17N3/c1-15-6-8-16(9-7-15)12-2-3-13-11(10-12)4-5-14-13/h2-5,10,14H,6-9H2,1H3. The summed E-state index contributed by atoms with van der Waals surface area (Å²) in [7, 11) is 2.19. The molecule has 3 rings (SSSR count). The van der Waals surface area contributed by atoms with E-state index in [0.717, 1.165) is 26.2 Å². The minimum Gasteiger partial charge on any atom is -0.369 e. The highest BCUT2D eigenvalue weighted by Gasteiger charge is 2.14. The molecule has 16 heavy (non-hydrogen) atoms. The fourth-order valence-electron chi connectivity index (χ4n) is 2.30. The Balaban J connectivity index is 1.87. The predicted octanol–water partition coefficient (Wildman–Crippen LogP) is 1.92. The number of likely N-dealkylation sites (N-methyl/N-ethyl adjacent to an activating group) is 1. The third kappa shape index (κ3) is 1.67. The zero-order chi connectivity index (χ0) is 11.0. The third-order valence-corrected chi connectivity index (χ3v) is 3.41. The van der Waals surface area contributed by atoms with Crippen molar-refractivity contribution >= 4 is 16.6 Å². The van der Waals surface area contributed by atoms with Crippen LogP contribution in [0.1, 0.15) is 0 Å². The first kappa shape index (κ1) is 9.73. The van der Waals surface area contributed by atoms with E-state index in [1.54, 1.807) is 0 Å². The summed E-state index contributed by atoms with van der Waals surface area (Å²) in [5, 5.41) is 1.30. The van der Waals surface area contributed by atoms with Gasteiger partial charge in [-0.2, -0.15) is 0 Å². The molecule has 2 heterocycles. The van der Waals surface area contributed by atoms with Crippen LogP contribution in [0.15, 0.2) is 30.5 Å². The molecule has 1 N–H and O–H groups in total. The molecule has 0 aliphatic carbocycles. The normalized spacial score (nSPS) is 18.2. The van der Waals surface area contributed by atoms with Gasteiger partial charge >= 0.3 is 0 Å². The first-order valence-electron chi connectivity index (χ1n) is 5.83. The van der Waals surface area contributed by atoms with Crippen LogP contribution in [0.5, 0.6) is 0 Å². The van der Waals surface area contributed by atoms with Crippen LogP contribution in [0.2, 0.25) is 0 Å². The molecule has 0 amide bonds. The van der Waals surface area contributed by atoms with Crippen LogP contribution >= 0.6 is 0 Å². The highest BCUT2D eigenvalue weighted by atomic mass is 15.2. The number of aromatic nitrogens is 1. The maximum Gasteiger partial charge on any atom is 0.0455 e. The maximum absolute atomic E-state index is 3.23. The highest BCUT2D eigenvalue weighted by molar-refractivity contribution is 5.83. The number of nitrogens with zero attached hydrogens (tertiary/aromatic N) is 2. The van der Waals surface area contributed by atoms with E-state index in [1.165, 1.54) is 16.6 Å². The van der Waals surface area contributed by atoms with E-state index in [9.17, 15) is 0 Å². The van der Waals surface area contributed by atoms with Crippen LogP contribution in [0.4, 0.5) is 5.69 Å². The number of nitrogens with one attached hydrogen (secondary N) is 1. The second-order valence-corrected chi connectivity index (χ2v) is 4.54. The van der Waals surface area contributed by atoms with Crippen molar-refractivity contribution in [2.24, 2.45) is 0 Å². The van der Waals surface area contributed by atoms with Crippen molar-refractivity contribution in [1.82, 2.24) is 9.88 Å². The fourth-order valence-corrected chi connectivity index (χ4v) is 2.30. The molecule has 3 nitrogen and oxygen atoms in total. The van der Waals surface area contributed by atoms with Gasteiger partial charge in [0, 0.05) is 49.0 Å². The summed E-state index contributed by atoms with van der Waals surface area (Å²) in [6.07, 6.45) is 2.00. The average Bonchev–Trinajstić information content (AvgIpc) is 2.77. The number of anilines is 1. The van der Waals surface area contributed by atoms with Gasteiger partial charge in [-0.25, -0.2) is 0 Å². The number of piperazine rings is 1. The molecule has 0 saturated carbocycles. The quantitative estimate of drug-likeness (QED) is 0.785. The first-order chi connectivity index (χ1) is 7.83. The van der Waals surface area contributed by atoms with Gasteiger partial charge in [-0.1, -0.05) is 0 Å². The Kier molecular flexibility index (Phi) is 2.33. The molecule has 1 aromatic heterocycles. The van der Waals surface area contributed by atoms with Crippen molar-refractivity contribution < 1.29 is 0 Å². The predicted molar refractivity (Wildman–Crippen MR) is 68.0 cm³/mol. The van der Waals surface area contributed by atoms with Crippen LogP contribution in [0.3, 0.4) is 0 Å². The molecule has 3 heteroatoms. The molecule has 1 aliphatic heterocycles. The zero-order valence-electron chi connectivity index (χ0n) is 9.61. The largest absolute Gasteiger partial charge is 0.369 e. The second-order valence-electron chi connectivity index (χ2n) is 4.54. The van der Waals surface area contributed by atoms with Crippen molar-refractivity contribution in [2.75, 3.05) is 38.1 Å². The summed E-state index contributed by atoms with van der Waals surface area (Å²) < 4.78 is 0. The molecule has 1 aromatic carbocycles. The van der Waals surface area contributed by atoms with Crippen LogP contribution < -0.4 is 4.90 Å². The van der Waals surface area contributed by atoms with Crippen molar-refractivity contribution in [2.45, 2.75) is 0 Å².